The molecule has 2 aromatic rings. The van der Waals surface area contributed by atoms with E-state index in [1.165, 1.54) is 10.5 Å². The van der Waals surface area contributed by atoms with Gasteiger partial charge in [-0.1, -0.05) is 30.3 Å². The molecule has 1 amide bonds. The molecule has 0 unspecified atom stereocenters. The molecule has 0 aliphatic carbocycles. The van der Waals surface area contributed by atoms with Gasteiger partial charge in [0.2, 0.25) is 0 Å². The Bertz CT molecular complexity index is 665. The van der Waals surface area contributed by atoms with Crippen LogP contribution in [0.5, 0.6) is 0 Å². The van der Waals surface area contributed by atoms with E-state index in [0.717, 1.165) is 36.1 Å². The highest BCUT2D eigenvalue weighted by atomic mass is 32.1. The third-order valence-corrected chi connectivity index (χ3v) is 5.56. The molecule has 0 radical (unpaired) electrons. The minimum Gasteiger partial charge on any atom is -0.370 e. The van der Waals surface area contributed by atoms with Crippen LogP contribution in [0.15, 0.2) is 42.5 Å². The molecule has 128 valence electrons. The van der Waals surface area contributed by atoms with Crippen molar-refractivity contribution in [1.82, 2.24) is 5.32 Å². The zero-order chi connectivity index (χ0) is 16.9. The van der Waals surface area contributed by atoms with Gasteiger partial charge in [0.05, 0.1) is 24.1 Å². The summed E-state index contributed by atoms with van der Waals surface area (Å²) in [6, 6.07) is 14.7. The normalized spacial score (nSPS) is 18.1. The minimum atomic E-state index is 0.0224. The molecule has 1 aliphatic rings. The smallest absolute Gasteiger partial charge is 0.261 e. The number of nitrogens with one attached hydrogen (secondary N) is 2. The van der Waals surface area contributed by atoms with Crippen molar-refractivity contribution in [3.05, 3.63) is 57.8 Å². The van der Waals surface area contributed by atoms with Crippen LogP contribution in [0.25, 0.3) is 0 Å². The predicted molar refractivity (Wildman–Crippen MR) is 96.7 cm³/mol. The molecule has 5 heteroatoms. The molecule has 0 spiro atoms. The van der Waals surface area contributed by atoms with Crippen molar-refractivity contribution in [3.63, 3.8) is 0 Å². The molecule has 4 nitrogen and oxygen atoms in total. The zero-order valence-electron chi connectivity index (χ0n) is 14.2. The lowest BCUT2D eigenvalue weighted by molar-refractivity contribution is -0.940. The molecule has 1 saturated heterocycles. The lowest BCUT2D eigenvalue weighted by Crippen LogP contribution is -3.15. The summed E-state index contributed by atoms with van der Waals surface area (Å²) < 4.78 is 5.51. The van der Waals surface area contributed by atoms with E-state index in [9.17, 15) is 4.79 Å². The number of rotatable bonds is 5. The summed E-state index contributed by atoms with van der Waals surface area (Å²) in [6.45, 7) is 7.64. The SMILES string of the molecule is Cc1ccc(C(=O)N[C@H](C)[C@@H](c2ccccc2)[NH+]2CCOCC2)s1. The summed E-state index contributed by atoms with van der Waals surface area (Å²) >= 11 is 1.54. The van der Waals surface area contributed by atoms with Crippen LogP contribution in [0.4, 0.5) is 0 Å². The van der Waals surface area contributed by atoms with Crippen LogP contribution in [0, 0.1) is 6.92 Å². The Labute approximate surface area is 147 Å². The van der Waals surface area contributed by atoms with Gasteiger partial charge in [0.25, 0.3) is 5.91 Å². The Kier molecular flexibility index (Phi) is 5.66. The number of carbonyl (C=O) groups excluding carboxylic acids is 1. The molecule has 1 fully saturated rings. The number of hydrogen-bond acceptors (Lipinski definition) is 3. The largest absolute Gasteiger partial charge is 0.370 e. The van der Waals surface area contributed by atoms with E-state index in [0.29, 0.717) is 0 Å². The maximum absolute atomic E-state index is 12.6. The Hall–Kier alpha value is -1.69. The molecule has 1 aliphatic heterocycles. The van der Waals surface area contributed by atoms with Gasteiger partial charge in [-0.15, -0.1) is 11.3 Å². The number of thiophene rings is 1. The van der Waals surface area contributed by atoms with Crippen molar-refractivity contribution in [2.45, 2.75) is 25.9 Å². The lowest BCUT2D eigenvalue weighted by Gasteiger charge is -2.35. The number of ether oxygens (including phenoxy) is 1. The van der Waals surface area contributed by atoms with Gasteiger partial charge < -0.3 is 15.0 Å². The Morgan fingerprint density at radius 3 is 2.50 bits per heavy atom. The summed E-state index contributed by atoms with van der Waals surface area (Å²) in [7, 11) is 0. The van der Waals surface area contributed by atoms with Crippen LogP contribution < -0.4 is 10.2 Å². The van der Waals surface area contributed by atoms with E-state index in [-0.39, 0.29) is 18.0 Å². The van der Waals surface area contributed by atoms with E-state index in [1.54, 1.807) is 11.3 Å². The van der Waals surface area contributed by atoms with Crippen molar-refractivity contribution in [3.8, 4) is 0 Å². The fraction of sp³-hybridized carbons (Fsp3) is 0.421. The highest BCUT2D eigenvalue weighted by Crippen LogP contribution is 2.18. The zero-order valence-corrected chi connectivity index (χ0v) is 15.1. The average Bonchev–Trinajstić information content (AvgIpc) is 3.04. The van der Waals surface area contributed by atoms with Gasteiger partial charge >= 0.3 is 0 Å². The molecule has 2 N–H and O–H groups in total. The van der Waals surface area contributed by atoms with Crippen LogP contribution in [0.2, 0.25) is 0 Å². The van der Waals surface area contributed by atoms with Crippen molar-refractivity contribution in [2.75, 3.05) is 26.3 Å². The molecular formula is C19H25N2O2S+. The average molecular weight is 345 g/mol. The fourth-order valence-electron chi connectivity index (χ4n) is 3.40. The molecule has 1 aromatic carbocycles. The van der Waals surface area contributed by atoms with Gasteiger partial charge in [0, 0.05) is 10.4 Å². The Morgan fingerprint density at radius 2 is 1.88 bits per heavy atom. The molecular weight excluding hydrogens is 320 g/mol. The second kappa shape index (κ2) is 7.92. The van der Waals surface area contributed by atoms with Gasteiger partial charge in [0.1, 0.15) is 19.1 Å². The number of quaternary nitrogens is 1. The van der Waals surface area contributed by atoms with Gasteiger partial charge in [0.15, 0.2) is 0 Å². The number of amides is 1. The maximum atomic E-state index is 12.6. The highest BCUT2D eigenvalue weighted by molar-refractivity contribution is 7.13. The molecule has 24 heavy (non-hydrogen) atoms. The number of aryl methyl sites for hydroxylation is 1. The summed E-state index contributed by atoms with van der Waals surface area (Å²) in [5, 5.41) is 3.22. The third kappa shape index (κ3) is 4.04. The number of hydrogen-bond donors (Lipinski definition) is 2. The van der Waals surface area contributed by atoms with Gasteiger partial charge in [-0.3, -0.25) is 4.79 Å². The monoisotopic (exact) mass is 345 g/mol. The third-order valence-electron chi connectivity index (χ3n) is 4.56. The van der Waals surface area contributed by atoms with Crippen molar-refractivity contribution in [2.24, 2.45) is 0 Å². The first-order valence-corrected chi connectivity index (χ1v) is 9.31. The van der Waals surface area contributed by atoms with Gasteiger partial charge in [-0.05, 0) is 26.0 Å². The molecule has 0 bridgehead atoms. The van der Waals surface area contributed by atoms with Crippen LogP contribution in [-0.4, -0.2) is 38.3 Å². The van der Waals surface area contributed by atoms with Crippen molar-refractivity contribution < 1.29 is 14.4 Å². The van der Waals surface area contributed by atoms with Gasteiger partial charge in [-0.25, -0.2) is 0 Å². The van der Waals surface area contributed by atoms with Crippen LogP contribution in [0.3, 0.4) is 0 Å². The highest BCUT2D eigenvalue weighted by Gasteiger charge is 2.32. The maximum Gasteiger partial charge on any atom is 0.261 e. The molecule has 2 atom stereocenters. The number of benzene rings is 1. The molecule has 0 saturated carbocycles. The predicted octanol–water partition coefficient (Wildman–Crippen LogP) is 1.83. The van der Waals surface area contributed by atoms with Gasteiger partial charge in [-0.2, -0.15) is 0 Å². The van der Waals surface area contributed by atoms with Crippen molar-refractivity contribution >= 4 is 17.2 Å². The first kappa shape index (κ1) is 17.1. The Balaban J connectivity index is 1.77. The summed E-state index contributed by atoms with van der Waals surface area (Å²) in [6.07, 6.45) is 0. The number of morpholine rings is 1. The molecule has 1 aromatic heterocycles. The van der Waals surface area contributed by atoms with E-state index in [4.69, 9.17) is 4.74 Å². The standard InChI is InChI=1S/C19H24N2O2S/c1-14-8-9-17(24-14)19(22)20-15(2)18(16-6-4-3-5-7-16)21-10-12-23-13-11-21/h3-9,15,18H,10-13H2,1-2H3,(H,20,22)/p+1/t15-,18+/m1/s1. The topological polar surface area (TPSA) is 42.8 Å². The minimum absolute atomic E-state index is 0.0224. The summed E-state index contributed by atoms with van der Waals surface area (Å²) in [5.41, 5.74) is 1.27. The van der Waals surface area contributed by atoms with Crippen LogP contribution in [0.1, 0.15) is 33.1 Å². The summed E-state index contributed by atoms with van der Waals surface area (Å²) in [5.74, 6) is 0.0224. The quantitative estimate of drug-likeness (QED) is 0.868. The lowest BCUT2D eigenvalue weighted by atomic mass is 9.98. The second-order valence-electron chi connectivity index (χ2n) is 6.33. The van der Waals surface area contributed by atoms with E-state index in [1.807, 2.05) is 25.1 Å². The Morgan fingerprint density at radius 1 is 1.17 bits per heavy atom. The van der Waals surface area contributed by atoms with E-state index in [2.05, 4.69) is 36.5 Å². The van der Waals surface area contributed by atoms with Crippen molar-refractivity contribution in [1.29, 1.82) is 0 Å². The first-order chi connectivity index (χ1) is 11.6. The van der Waals surface area contributed by atoms with E-state index >= 15 is 0 Å². The second-order valence-corrected chi connectivity index (χ2v) is 7.62. The first-order valence-electron chi connectivity index (χ1n) is 8.49. The number of carbonyl (C=O) groups is 1. The molecule has 3 rings (SSSR count). The van der Waals surface area contributed by atoms with Crippen LogP contribution in [-0.2, 0) is 4.74 Å². The summed E-state index contributed by atoms with van der Waals surface area (Å²) in [4.78, 5) is 16.0. The fourth-order valence-corrected chi connectivity index (χ4v) is 4.17. The molecule has 2 heterocycles. The van der Waals surface area contributed by atoms with Crippen LogP contribution >= 0.6 is 11.3 Å². The van der Waals surface area contributed by atoms with E-state index < -0.39 is 0 Å².